The highest BCUT2D eigenvalue weighted by Crippen LogP contribution is 2.52. The number of benzene rings is 1. The second-order valence-corrected chi connectivity index (χ2v) is 6.80. The Morgan fingerprint density at radius 3 is 2.29 bits per heavy atom. The summed E-state index contributed by atoms with van der Waals surface area (Å²) in [7, 11) is 0. The number of anilines is 2. The number of hydrogen-bond acceptors (Lipinski definition) is 2. The predicted molar refractivity (Wildman–Crippen MR) is 76.8 cm³/mol. The second-order valence-electron chi connectivity index (χ2n) is 5.09. The van der Waals surface area contributed by atoms with Crippen LogP contribution in [-0.4, -0.2) is 5.91 Å². The number of carbonyl (C=O) groups is 1. The van der Waals surface area contributed by atoms with Crippen molar-refractivity contribution >= 4 is 49.1 Å². The van der Waals surface area contributed by atoms with Gasteiger partial charge in [0.2, 0.25) is 5.91 Å². The molecule has 0 radical (unpaired) electrons. The largest absolute Gasteiger partial charge is 0.399 e. The Labute approximate surface area is 117 Å². The zero-order valence-corrected chi connectivity index (χ0v) is 12.9. The summed E-state index contributed by atoms with van der Waals surface area (Å²) in [5.41, 5.74) is 7.23. The molecule has 1 aromatic carbocycles. The molecule has 3 nitrogen and oxygen atoms in total. The standard InChI is InChI=1S/C12H14Br2N2O/c1-12(2)5-7(12)11(17)16-10-8(13)3-6(15)4-9(10)14/h3-4,7H,5,15H2,1-2H3,(H,16,17). The molecule has 1 unspecified atom stereocenters. The minimum Gasteiger partial charge on any atom is -0.399 e. The van der Waals surface area contributed by atoms with Crippen molar-refractivity contribution in [1.82, 2.24) is 0 Å². The van der Waals surface area contributed by atoms with Gasteiger partial charge in [-0.05, 0) is 55.8 Å². The third-order valence-corrected chi connectivity index (χ3v) is 4.39. The van der Waals surface area contributed by atoms with Crippen LogP contribution in [0.5, 0.6) is 0 Å². The summed E-state index contributed by atoms with van der Waals surface area (Å²) in [4.78, 5) is 12.0. The molecule has 0 aromatic heterocycles. The van der Waals surface area contributed by atoms with Crippen LogP contribution in [0.4, 0.5) is 11.4 Å². The molecule has 2 rings (SSSR count). The second kappa shape index (κ2) is 4.28. The molecule has 92 valence electrons. The molecule has 1 atom stereocenters. The fraction of sp³-hybridized carbons (Fsp3) is 0.417. The summed E-state index contributed by atoms with van der Waals surface area (Å²) in [6.07, 6.45) is 0.947. The van der Waals surface area contributed by atoms with Crippen LogP contribution in [0.15, 0.2) is 21.1 Å². The van der Waals surface area contributed by atoms with E-state index in [1.54, 1.807) is 12.1 Å². The van der Waals surface area contributed by atoms with Gasteiger partial charge in [0.05, 0.1) is 5.69 Å². The normalized spacial score (nSPS) is 21.1. The number of carbonyl (C=O) groups excluding carboxylic acids is 1. The van der Waals surface area contributed by atoms with E-state index >= 15 is 0 Å². The maximum Gasteiger partial charge on any atom is 0.228 e. The van der Waals surface area contributed by atoms with Crippen molar-refractivity contribution in [3.63, 3.8) is 0 Å². The van der Waals surface area contributed by atoms with E-state index in [1.165, 1.54) is 0 Å². The molecule has 1 aromatic rings. The third kappa shape index (κ3) is 2.65. The molecule has 1 fully saturated rings. The van der Waals surface area contributed by atoms with Gasteiger partial charge < -0.3 is 11.1 Å². The van der Waals surface area contributed by atoms with Gasteiger partial charge in [-0.1, -0.05) is 13.8 Å². The van der Waals surface area contributed by atoms with Crippen molar-refractivity contribution in [2.75, 3.05) is 11.1 Å². The van der Waals surface area contributed by atoms with Crippen LogP contribution in [0, 0.1) is 11.3 Å². The number of nitrogens with one attached hydrogen (secondary N) is 1. The zero-order chi connectivity index (χ0) is 12.8. The first-order chi connectivity index (χ1) is 7.81. The quantitative estimate of drug-likeness (QED) is 0.787. The Hall–Kier alpha value is -0.550. The fourth-order valence-electron chi connectivity index (χ4n) is 1.84. The van der Waals surface area contributed by atoms with Crippen molar-refractivity contribution in [1.29, 1.82) is 0 Å². The van der Waals surface area contributed by atoms with Gasteiger partial charge in [-0.15, -0.1) is 0 Å². The van der Waals surface area contributed by atoms with Crippen LogP contribution in [0.2, 0.25) is 0 Å². The lowest BCUT2D eigenvalue weighted by Gasteiger charge is -2.11. The Balaban J connectivity index is 2.17. The van der Waals surface area contributed by atoms with Crippen LogP contribution < -0.4 is 11.1 Å². The van der Waals surface area contributed by atoms with Gasteiger partial charge in [-0.3, -0.25) is 4.79 Å². The molecule has 1 aliphatic carbocycles. The number of amides is 1. The first-order valence-electron chi connectivity index (χ1n) is 5.36. The molecular formula is C12H14Br2N2O. The first-order valence-corrected chi connectivity index (χ1v) is 6.95. The van der Waals surface area contributed by atoms with Gasteiger partial charge in [0.1, 0.15) is 0 Å². The van der Waals surface area contributed by atoms with Crippen LogP contribution in [0.25, 0.3) is 0 Å². The lowest BCUT2D eigenvalue weighted by atomic mass is 10.1. The molecule has 1 amide bonds. The van der Waals surface area contributed by atoms with Crippen LogP contribution >= 0.6 is 31.9 Å². The topological polar surface area (TPSA) is 55.1 Å². The number of nitrogen functional groups attached to an aromatic ring is 1. The third-order valence-electron chi connectivity index (χ3n) is 3.14. The van der Waals surface area contributed by atoms with Crippen molar-refractivity contribution < 1.29 is 4.79 Å². The summed E-state index contributed by atoms with van der Waals surface area (Å²) in [6, 6.07) is 3.55. The molecule has 3 N–H and O–H groups in total. The Kier molecular flexibility index (Phi) is 3.25. The maximum atomic E-state index is 12.0. The molecule has 0 spiro atoms. The van der Waals surface area contributed by atoms with Gasteiger partial charge in [-0.25, -0.2) is 0 Å². The minimum atomic E-state index is 0.0705. The van der Waals surface area contributed by atoms with Crippen LogP contribution in [0.3, 0.4) is 0 Å². The minimum absolute atomic E-state index is 0.0705. The number of hydrogen-bond donors (Lipinski definition) is 2. The highest BCUT2D eigenvalue weighted by atomic mass is 79.9. The van der Waals surface area contributed by atoms with Crippen molar-refractivity contribution in [2.24, 2.45) is 11.3 Å². The van der Waals surface area contributed by atoms with E-state index < -0.39 is 0 Å². The average Bonchev–Trinajstić information content (AvgIpc) is 2.81. The molecule has 1 saturated carbocycles. The molecule has 0 heterocycles. The average molecular weight is 362 g/mol. The Bertz CT molecular complexity index is 462. The van der Waals surface area contributed by atoms with Gasteiger partial charge in [0, 0.05) is 20.6 Å². The highest BCUT2D eigenvalue weighted by molar-refractivity contribution is 9.11. The monoisotopic (exact) mass is 360 g/mol. The van der Waals surface area contributed by atoms with Crippen molar-refractivity contribution in [2.45, 2.75) is 20.3 Å². The molecule has 0 saturated heterocycles. The van der Waals surface area contributed by atoms with E-state index in [-0.39, 0.29) is 17.2 Å². The van der Waals surface area contributed by atoms with E-state index in [2.05, 4.69) is 51.0 Å². The Morgan fingerprint density at radius 1 is 1.41 bits per heavy atom. The van der Waals surface area contributed by atoms with Crippen LogP contribution in [-0.2, 0) is 4.79 Å². The number of nitrogens with two attached hydrogens (primary N) is 1. The molecule has 0 bridgehead atoms. The fourth-order valence-corrected chi connectivity index (χ4v) is 3.26. The van der Waals surface area contributed by atoms with E-state index in [9.17, 15) is 4.79 Å². The SMILES string of the molecule is CC1(C)CC1C(=O)Nc1c(Br)cc(N)cc1Br. The number of halogens is 2. The lowest BCUT2D eigenvalue weighted by molar-refractivity contribution is -0.118. The highest BCUT2D eigenvalue weighted by Gasteiger charge is 2.50. The summed E-state index contributed by atoms with van der Waals surface area (Å²) in [5.74, 6) is 0.181. The molecule has 17 heavy (non-hydrogen) atoms. The Morgan fingerprint density at radius 2 is 1.88 bits per heavy atom. The summed E-state index contributed by atoms with van der Waals surface area (Å²) in [5, 5.41) is 2.94. The smallest absolute Gasteiger partial charge is 0.228 e. The van der Waals surface area contributed by atoms with E-state index in [0.717, 1.165) is 21.1 Å². The molecule has 1 aliphatic rings. The van der Waals surface area contributed by atoms with Gasteiger partial charge >= 0.3 is 0 Å². The zero-order valence-electron chi connectivity index (χ0n) is 9.68. The lowest BCUT2D eigenvalue weighted by Crippen LogP contribution is -2.17. The molecule has 5 heteroatoms. The van der Waals surface area contributed by atoms with Crippen molar-refractivity contribution in [3.05, 3.63) is 21.1 Å². The van der Waals surface area contributed by atoms with E-state index in [0.29, 0.717) is 5.69 Å². The predicted octanol–water partition coefficient (Wildman–Crippen LogP) is 3.78. The van der Waals surface area contributed by atoms with E-state index in [4.69, 9.17) is 5.73 Å². The molecule has 0 aliphatic heterocycles. The summed E-state index contributed by atoms with van der Waals surface area (Å²) < 4.78 is 1.58. The number of rotatable bonds is 2. The van der Waals surface area contributed by atoms with Gasteiger partial charge in [-0.2, -0.15) is 0 Å². The van der Waals surface area contributed by atoms with Crippen LogP contribution in [0.1, 0.15) is 20.3 Å². The van der Waals surface area contributed by atoms with E-state index in [1.807, 2.05) is 0 Å². The van der Waals surface area contributed by atoms with Crippen molar-refractivity contribution in [3.8, 4) is 0 Å². The summed E-state index contributed by atoms with van der Waals surface area (Å²) >= 11 is 6.80. The van der Waals surface area contributed by atoms with Gasteiger partial charge in [0.25, 0.3) is 0 Å². The summed E-state index contributed by atoms with van der Waals surface area (Å²) in [6.45, 7) is 4.20. The maximum absolute atomic E-state index is 12.0. The molecular weight excluding hydrogens is 348 g/mol. The van der Waals surface area contributed by atoms with Gasteiger partial charge in [0.15, 0.2) is 0 Å². The first kappa shape index (κ1) is 12.9.